The van der Waals surface area contributed by atoms with E-state index in [0.717, 1.165) is 6.42 Å². The number of aliphatic hydroxyl groups is 2. The van der Waals surface area contributed by atoms with Crippen molar-refractivity contribution in [1.29, 1.82) is 0 Å². The second-order valence-electron chi connectivity index (χ2n) is 4.06. The van der Waals surface area contributed by atoms with E-state index in [4.69, 9.17) is 15.3 Å². The number of carbonyl (C=O) groups excluding carboxylic acids is 1. The predicted molar refractivity (Wildman–Crippen MR) is 54.6 cm³/mol. The monoisotopic (exact) mass is 231 g/mol. The van der Waals surface area contributed by atoms with Crippen LogP contribution in [0, 0.1) is 11.8 Å². The van der Waals surface area contributed by atoms with Gasteiger partial charge in [-0.25, -0.2) is 0 Å². The zero-order chi connectivity index (χ0) is 12.1. The molecule has 1 saturated carbocycles. The third kappa shape index (κ3) is 3.18. The van der Waals surface area contributed by atoms with Gasteiger partial charge in [-0.05, 0) is 12.8 Å². The SMILES string of the molecule is O=C(O)[C@H]1CCC[C@H]1C(=O)NCC(O)CO. The number of amides is 1. The van der Waals surface area contributed by atoms with Gasteiger partial charge in [0.2, 0.25) is 5.91 Å². The average molecular weight is 231 g/mol. The van der Waals surface area contributed by atoms with Crippen molar-refractivity contribution in [3.63, 3.8) is 0 Å². The van der Waals surface area contributed by atoms with Crippen molar-refractivity contribution >= 4 is 11.9 Å². The van der Waals surface area contributed by atoms with Crippen LogP contribution in [-0.4, -0.2) is 46.5 Å². The van der Waals surface area contributed by atoms with Crippen molar-refractivity contribution in [3.8, 4) is 0 Å². The molecule has 1 aliphatic rings. The van der Waals surface area contributed by atoms with Crippen LogP contribution in [0.25, 0.3) is 0 Å². The van der Waals surface area contributed by atoms with Crippen molar-refractivity contribution in [3.05, 3.63) is 0 Å². The largest absolute Gasteiger partial charge is 0.481 e. The van der Waals surface area contributed by atoms with Crippen LogP contribution in [-0.2, 0) is 9.59 Å². The number of nitrogens with one attached hydrogen (secondary N) is 1. The molecule has 1 unspecified atom stereocenters. The van der Waals surface area contributed by atoms with Gasteiger partial charge in [-0.3, -0.25) is 9.59 Å². The number of aliphatic hydroxyl groups excluding tert-OH is 2. The van der Waals surface area contributed by atoms with Crippen molar-refractivity contribution in [2.75, 3.05) is 13.2 Å². The van der Waals surface area contributed by atoms with E-state index in [0.29, 0.717) is 12.8 Å². The molecule has 4 N–H and O–H groups in total. The number of aliphatic carboxylic acids is 1. The van der Waals surface area contributed by atoms with Gasteiger partial charge in [-0.2, -0.15) is 0 Å². The van der Waals surface area contributed by atoms with Gasteiger partial charge in [-0.15, -0.1) is 0 Å². The summed E-state index contributed by atoms with van der Waals surface area (Å²) in [7, 11) is 0. The van der Waals surface area contributed by atoms with Crippen molar-refractivity contribution in [2.24, 2.45) is 11.8 Å². The van der Waals surface area contributed by atoms with Gasteiger partial charge in [0.15, 0.2) is 0 Å². The molecule has 1 aliphatic carbocycles. The highest BCUT2D eigenvalue weighted by Gasteiger charge is 2.37. The van der Waals surface area contributed by atoms with E-state index in [-0.39, 0.29) is 12.5 Å². The molecule has 0 saturated heterocycles. The van der Waals surface area contributed by atoms with E-state index in [1.165, 1.54) is 0 Å². The van der Waals surface area contributed by atoms with E-state index in [2.05, 4.69) is 5.32 Å². The molecule has 0 bridgehead atoms. The Balaban J connectivity index is 2.44. The van der Waals surface area contributed by atoms with Crippen LogP contribution in [0.5, 0.6) is 0 Å². The molecule has 6 nitrogen and oxygen atoms in total. The maximum absolute atomic E-state index is 11.6. The minimum absolute atomic E-state index is 0.0435. The summed E-state index contributed by atoms with van der Waals surface area (Å²) in [6, 6.07) is 0. The lowest BCUT2D eigenvalue weighted by Gasteiger charge is -2.16. The van der Waals surface area contributed by atoms with Crippen LogP contribution in [0.4, 0.5) is 0 Å². The number of carbonyl (C=O) groups is 2. The molecular weight excluding hydrogens is 214 g/mol. The van der Waals surface area contributed by atoms with E-state index < -0.39 is 30.5 Å². The molecule has 0 aliphatic heterocycles. The van der Waals surface area contributed by atoms with Crippen LogP contribution < -0.4 is 5.32 Å². The Morgan fingerprint density at radius 2 is 1.94 bits per heavy atom. The fraction of sp³-hybridized carbons (Fsp3) is 0.800. The maximum atomic E-state index is 11.6. The predicted octanol–water partition coefficient (Wildman–Crippen LogP) is -1.04. The lowest BCUT2D eigenvalue weighted by atomic mass is 9.95. The highest BCUT2D eigenvalue weighted by molar-refractivity contribution is 5.85. The van der Waals surface area contributed by atoms with Crippen molar-refractivity contribution < 1.29 is 24.9 Å². The van der Waals surface area contributed by atoms with Gasteiger partial charge >= 0.3 is 5.97 Å². The molecule has 1 rings (SSSR count). The first-order valence-electron chi connectivity index (χ1n) is 5.35. The number of hydrogen-bond acceptors (Lipinski definition) is 4. The summed E-state index contributed by atoms with van der Waals surface area (Å²) in [5.41, 5.74) is 0. The standard InChI is InChI=1S/C10H17NO5/c12-5-6(13)4-11-9(14)7-2-1-3-8(7)10(15)16/h6-8,12-13H,1-5H2,(H,11,14)(H,15,16)/t6?,7-,8+/m1/s1. The maximum Gasteiger partial charge on any atom is 0.307 e. The van der Waals surface area contributed by atoms with Crippen LogP contribution in [0.1, 0.15) is 19.3 Å². The molecule has 6 heteroatoms. The van der Waals surface area contributed by atoms with Gasteiger partial charge in [-0.1, -0.05) is 6.42 Å². The molecule has 0 aromatic carbocycles. The Morgan fingerprint density at radius 3 is 2.50 bits per heavy atom. The Kier molecular flexibility index (Phi) is 4.70. The summed E-state index contributed by atoms with van der Waals surface area (Å²) in [5.74, 6) is -2.42. The van der Waals surface area contributed by atoms with Gasteiger partial charge < -0.3 is 20.6 Å². The molecule has 3 atom stereocenters. The number of carboxylic acid groups (broad SMARTS) is 1. The summed E-state index contributed by atoms with van der Waals surface area (Å²) in [6.07, 6.45) is 0.833. The smallest absolute Gasteiger partial charge is 0.307 e. The van der Waals surface area contributed by atoms with Crippen molar-refractivity contribution in [2.45, 2.75) is 25.4 Å². The molecule has 92 valence electrons. The molecule has 0 spiro atoms. The summed E-state index contributed by atoms with van der Waals surface area (Å²) in [4.78, 5) is 22.5. The minimum Gasteiger partial charge on any atom is -0.481 e. The van der Waals surface area contributed by atoms with Crippen LogP contribution in [0.3, 0.4) is 0 Å². The molecule has 0 radical (unpaired) electrons. The second-order valence-corrected chi connectivity index (χ2v) is 4.06. The minimum atomic E-state index is -0.992. The lowest BCUT2D eigenvalue weighted by molar-refractivity contribution is -0.146. The fourth-order valence-electron chi connectivity index (χ4n) is 1.98. The molecule has 1 fully saturated rings. The van der Waals surface area contributed by atoms with Gasteiger partial charge in [0.05, 0.1) is 24.5 Å². The first kappa shape index (κ1) is 12.9. The van der Waals surface area contributed by atoms with Gasteiger partial charge in [0.25, 0.3) is 0 Å². The molecule has 16 heavy (non-hydrogen) atoms. The quantitative estimate of drug-likeness (QED) is 0.483. The third-order valence-electron chi connectivity index (χ3n) is 2.89. The number of carboxylic acids is 1. The Labute approximate surface area is 93.3 Å². The molecule has 1 amide bonds. The van der Waals surface area contributed by atoms with Gasteiger partial charge in [0.1, 0.15) is 0 Å². The molecule has 0 heterocycles. The molecule has 0 aromatic rings. The number of rotatable bonds is 5. The average Bonchev–Trinajstić information content (AvgIpc) is 2.74. The Bertz CT molecular complexity index is 268. The van der Waals surface area contributed by atoms with Crippen molar-refractivity contribution in [1.82, 2.24) is 5.32 Å². The second kappa shape index (κ2) is 5.81. The molecule has 0 aromatic heterocycles. The Morgan fingerprint density at radius 1 is 1.31 bits per heavy atom. The number of hydrogen-bond donors (Lipinski definition) is 4. The van der Waals surface area contributed by atoms with E-state index in [9.17, 15) is 9.59 Å². The summed E-state index contributed by atoms with van der Waals surface area (Å²) < 4.78 is 0. The van der Waals surface area contributed by atoms with E-state index >= 15 is 0 Å². The van der Waals surface area contributed by atoms with Crippen LogP contribution >= 0.6 is 0 Å². The summed E-state index contributed by atoms with van der Waals surface area (Å²) >= 11 is 0. The first-order chi connectivity index (χ1) is 7.56. The van der Waals surface area contributed by atoms with Gasteiger partial charge in [0, 0.05) is 6.54 Å². The Hall–Kier alpha value is -1.14. The first-order valence-corrected chi connectivity index (χ1v) is 5.35. The van der Waals surface area contributed by atoms with E-state index in [1.54, 1.807) is 0 Å². The lowest BCUT2D eigenvalue weighted by Crippen LogP contribution is -2.40. The third-order valence-corrected chi connectivity index (χ3v) is 2.89. The fourth-order valence-corrected chi connectivity index (χ4v) is 1.98. The topological polar surface area (TPSA) is 107 Å². The zero-order valence-corrected chi connectivity index (χ0v) is 8.93. The summed E-state index contributed by atoms with van der Waals surface area (Å²) in [5, 5.41) is 28.9. The highest BCUT2D eigenvalue weighted by Crippen LogP contribution is 2.31. The summed E-state index contributed by atoms with van der Waals surface area (Å²) in [6.45, 7) is -0.467. The zero-order valence-electron chi connectivity index (χ0n) is 8.93. The normalized spacial score (nSPS) is 26.4. The van der Waals surface area contributed by atoms with Crippen LogP contribution in [0.2, 0.25) is 0 Å². The molecular formula is C10H17NO5. The van der Waals surface area contributed by atoms with Crippen LogP contribution in [0.15, 0.2) is 0 Å². The van der Waals surface area contributed by atoms with E-state index in [1.807, 2.05) is 0 Å². The highest BCUT2D eigenvalue weighted by atomic mass is 16.4.